The van der Waals surface area contributed by atoms with Crippen LogP contribution in [0.5, 0.6) is 5.75 Å². The maximum Gasteiger partial charge on any atom is 0.322 e. The summed E-state index contributed by atoms with van der Waals surface area (Å²) < 4.78 is 16.7. The number of ether oxygens (including phenoxy) is 3. The fourth-order valence-corrected chi connectivity index (χ4v) is 12.5. The van der Waals surface area contributed by atoms with Crippen molar-refractivity contribution in [2.24, 2.45) is 0 Å². The van der Waals surface area contributed by atoms with Gasteiger partial charge < -0.3 is 14.2 Å². The lowest BCUT2D eigenvalue weighted by Gasteiger charge is -2.52. The topological polar surface area (TPSA) is 44.8 Å². The number of rotatable bonds is 8. The quantitative estimate of drug-likeness (QED) is 0.464. The Labute approximate surface area is 163 Å². The predicted octanol–water partition coefficient (Wildman–Crippen LogP) is 4.85. The molecular formula is C20H32O4SSi. The van der Waals surface area contributed by atoms with Crippen LogP contribution < -0.4 is 4.74 Å². The Morgan fingerprint density at radius 3 is 2.31 bits per heavy atom. The number of hydrogen-bond acceptors (Lipinski definition) is 5. The van der Waals surface area contributed by atoms with Crippen LogP contribution in [0, 0.1) is 0 Å². The monoisotopic (exact) mass is 396 g/mol. The van der Waals surface area contributed by atoms with E-state index in [0.717, 1.165) is 35.2 Å². The summed E-state index contributed by atoms with van der Waals surface area (Å²) in [6, 6.07) is 11.1. The van der Waals surface area contributed by atoms with Crippen molar-refractivity contribution in [1.82, 2.24) is 0 Å². The first-order valence-electron chi connectivity index (χ1n) is 9.61. The number of methoxy groups -OCH3 is 1. The normalized spacial score (nSPS) is 23.5. The molecule has 0 N–H and O–H groups in total. The molecular weight excluding hydrogens is 364 g/mol. The van der Waals surface area contributed by atoms with Crippen LogP contribution in [0.4, 0.5) is 0 Å². The van der Waals surface area contributed by atoms with Crippen LogP contribution in [-0.2, 0) is 14.3 Å². The predicted molar refractivity (Wildman–Crippen MR) is 111 cm³/mol. The Balaban J connectivity index is 2.61. The molecule has 1 saturated heterocycles. The Kier molecular flexibility index (Phi) is 7.61. The third-order valence-corrected chi connectivity index (χ3v) is 14.9. The maximum atomic E-state index is 13.4. The van der Waals surface area contributed by atoms with Crippen molar-refractivity contribution >= 4 is 25.8 Å². The van der Waals surface area contributed by atoms with Crippen LogP contribution in [0.2, 0.25) is 18.1 Å². The molecule has 0 aromatic heterocycles. The van der Waals surface area contributed by atoms with Gasteiger partial charge in [0.2, 0.25) is 0 Å². The first kappa shape index (κ1) is 21.3. The molecule has 1 aromatic rings. The summed E-state index contributed by atoms with van der Waals surface area (Å²) in [6.45, 7) is 9.65. The van der Waals surface area contributed by atoms with Gasteiger partial charge in [-0.05, 0) is 24.6 Å². The summed E-state index contributed by atoms with van der Waals surface area (Å²) in [4.78, 5) is 13.4. The Hall–Kier alpha value is -0.983. The third-order valence-electron chi connectivity index (χ3n) is 5.88. The fraction of sp³-hybridized carbons (Fsp3) is 0.650. The van der Waals surface area contributed by atoms with E-state index in [2.05, 4.69) is 20.8 Å². The molecule has 0 bridgehead atoms. The van der Waals surface area contributed by atoms with Gasteiger partial charge in [-0.1, -0.05) is 51.0 Å². The molecule has 0 unspecified atom stereocenters. The first-order chi connectivity index (χ1) is 12.5. The number of carbonyl (C=O) groups excluding carboxylic acids is 1. The molecule has 1 aromatic carbocycles. The third kappa shape index (κ3) is 3.56. The minimum Gasteiger partial charge on any atom is -0.497 e. The molecule has 146 valence electrons. The SMILES string of the molecule is CCOC(=O)[C@]1([Si](CC)(CC)CC)SCCO[C@H]1c1ccc(OC)cc1. The van der Waals surface area contributed by atoms with Gasteiger partial charge in [-0.25, -0.2) is 0 Å². The Morgan fingerprint density at radius 2 is 1.81 bits per heavy atom. The highest BCUT2D eigenvalue weighted by Crippen LogP contribution is 2.54. The van der Waals surface area contributed by atoms with Crippen LogP contribution in [0.1, 0.15) is 39.4 Å². The molecule has 4 nitrogen and oxygen atoms in total. The molecule has 0 amide bonds. The molecule has 1 fully saturated rings. The molecule has 2 atom stereocenters. The molecule has 1 aliphatic heterocycles. The van der Waals surface area contributed by atoms with Gasteiger partial charge in [0.15, 0.2) is 0 Å². The van der Waals surface area contributed by atoms with Crippen molar-refractivity contribution < 1.29 is 19.0 Å². The van der Waals surface area contributed by atoms with E-state index < -0.39 is 12.4 Å². The van der Waals surface area contributed by atoms with Crippen LogP contribution in [0.15, 0.2) is 24.3 Å². The van der Waals surface area contributed by atoms with E-state index in [1.165, 1.54) is 0 Å². The summed E-state index contributed by atoms with van der Waals surface area (Å²) in [5.74, 6) is 1.56. The lowest BCUT2D eigenvalue weighted by molar-refractivity contribution is -0.148. The summed E-state index contributed by atoms with van der Waals surface area (Å²) in [7, 11) is -0.342. The van der Waals surface area contributed by atoms with E-state index in [1.807, 2.05) is 31.2 Å². The number of carbonyl (C=O) groups is 1. The van der Waals surface area contributed by atoms with Gasteiger partial charge >= 0.3 is 5.97 Å². The highest BCUT2D eigenvalue weighted by atomic mass is 32.2. The second kappa shape index (κ2) is 9.29. The van der Waals surface area contributed by atoms with Gasteiger partial charge in [0.05, 0.1) is 28.4 Å². The number of hydrogen-bond donors (Lipinski definition) is 0. The van der Waals surface area contributed by atoms with Crippen LogP contribution >= 0.6 is 11.8 Å². The average molecular weight is 397 g/mol. The molecule has 26 heavy (non-hydrogen) atoms. The zero-order valence-electron chi connectivity index (χ0n) is 16.7. The van der Waals surface area contributed by atoms with E-state index in [1.54, 1.807) is 18.9 Å². The van der Waals surface area contributed by atoms with E-state index in [4.69, 9.17) is 14.2 Å². The van der Waals surface area contributed by atoms with E-state index in [9.17, 15) is 4.79 Å². The highest BCUT2D eigenvalue weighted by Gasteiger charge is 2.63. The van der Waals surface area contributed by atoms with Crippen molar-refractivity contribution in [3.63, 3.8) is 0 Å². The molecule has 2 rings (SSSR count). The van der Waals surface area contributed by atoms with Gasteiger partial charge in [0, 0.05) is 5.75 Å². The van der Waals surface area contributed by atoms with Crippen molar-refractivity contribution in [1.29, 1.82) is 0 Å². The van der Waals surface area contributed by atoms with Gasteiger partial charge in [-0.3, -0.25) is 4.79 Å². The number of thioether (sulfide) groups is 1. The highest BCUT2D eigenvalue weighted by molar-refractivity contribution is 8.03. The summed E-state index contributed by atoms with van der Waals surface area (Å²) in [6.07, 6.45) is -0.266. The Bertz CT molecular complexity index is 580. The standard InChI is InChI=1S/C20H32O4SSi/c1-6-23-19(21)20(26(7-2,8-3)9-4)18(24-14-15-25-20)16-10-12-17(22-5)13-11-16/h10-13,18H,6-9,14-15H2,1-5H3/t18-,20-/m0/s1. The lowest BCUT2D eigenvalue weighted by Crippen LogP contribution is -2.65. The minimum atomic E-state index is -2.00. The van der Waals surface area contributed by atoms with Crippen molar-refractivity contribution in [3.05, 3.63) is 29.8 Å². The van der Waals surface area contributed by atoms with E-state index in [0.29, 0.717) is 13.2 Å². The van der Waals surface area contributed by atoms with Crippen molar-refractivity contribution in [2.45, 2.75) is 56.3 Å². The average Bonchev–Trinajstić information content (AvgIpc) is 2.70. The maximum absolute atomic E-state index is 13.4. The zero-order chi connectivity index (χ0) is 19.2. The van der Waals surface area contributed by atoms with Crippen LogP contribution in [0.25, 0.3) is 0 Å². The molecule has 0 spiro atoms. The van der Waals surface area contributed by atoms with Crippen molar-refractivity contribution in [3.8, 4) is 5.75 Å². The Morgan fingerprint density at radius 1 is 1.19 bits per heavy atom. The summed E-state index contributed by atoms with van der Waals surface area (Å²) in [5, 5.41) is 0. The first-order valence-corrected chi connectivity index (χ1v) is 13.2. The second-order valence-electron chi connectivity index (χ2n) is 6.67. The largest absolute Gasteiger partial charge is 0.497 e. The van der Waals surface area contributed by atoms with Gasteiger partial charge in [-0.15, -0.1) is 11.8 Å². The van der Waals surface area contributed by atoms with Crippen LogP contribution in [-0.4, -0.2) is 44.5 Å². The van der Waals surface area contributed by atoms with Gasteiger partial charge in [-0.2, -0.15) is 0 Å². The van der Waals surface area contributed by atoms with E-state index >= 15 is 0 Å². The lowest BCUT2D eigenvalue weighted by atomic mass is 10.0. The summed E-state index contributed by atoms with van der Waals surface area (Å²) in [5.41, 5.74) is 1.04. The zero-order valence-corrected chi connectivity index (χ0v) is 18.5. The molecule has 0 radical (unpaired) electrons. The smallest absolute Gasteiger partial charge is 0.322 e. The van der Waals surface area contributed by atoms with Gasteiger partial charge in [0.25, 0.3) is 0 Å². The molecule has 1 heterocycles. The van der Waals surface area contributed by atoms with Crippen LogP contribution in [0.3, 0.4) is 0 Å². The fourth-order valence-electron chi connectivity index (χ4n) is 4.26. The molecule has 0 aliphatic carbocycles. The molecule has 0 saturated carbocycles. The number of esters is 1. The second-order valence-corrected chi connectivity index (χ2v) is 13.8. The van der Waals surface area contributed by atoms with Crippen molar-refractivity contribution in [2.75, 3.05) is 26.1 Å². The van der Waals surface area contributed by atoms with Gasteiger partial charge in [0.1, 0.15) is 16.2 Å². The molecule has 1 aliphatic rings. The summed E-state index contributed by atoms with van der Waals surface area (Å²) >= 11 is 1.78. The van der Waals surface area contributed by atoms with E-state index in [-0.39, 0.29) is 12.1 Å². The minimum absolute atomic E-state index is 0.0808. The molecule has 6 heteroatoms. The number of benzene rings is 1.